The Bertz CT molecular complexity index is 445. The Morgan fingerprint density at radius 3 is 2.50 bits per heavy atom. The highest BCUT2D eigenvalue weighted by atomic mass is 16.7. The van der Waals surface area contributed by atoms with Crippen LogP contribution in [0.2, 0.25) is 0 Å². The van der Waals surface area contributed by atoms with E-state index in [2.05, 4.69) is 39.5 Å². The molecule has 0 radical (unpaired) electrons. The predicted octanol–water partition coefficient (Wildman–Crippen LogP) is 4.18. The molecule has 1 aromatic carbocycles. The molecule has 122 valence electrons. The second kappa shape index (κ2) is 8.47. The fraction of sp³-hybridized carbons (Fsp3) is 0.579. The maximum Gasteiger partial charge on any atom is 0.163 e. The molecule has 1 heterocycles. The van der Waals surface area contributed by atoms with Crippen molar-refractivity contribution in [2.24, 2.45) is 11.8 Å². The van der Waals surface area contributed by atoms with E-state index in [9.17, 15) is 0 Å². The molecule has 2 rings (SSSR count). The molecule has 0 aliphatic carbocycles. The quantitative estimate of drug-likeness (QED) is 0.707. The second-order valence-electron chi connectivity index (χ2n) is 6.05. The molecule has 1 aromatic rings. The minimum atomic E-state index is -0.226. The van der Waals surface area contributed by atoms with Gasteiger partial charge in [-0.05, 0) is 12.0 Å². The Morgan fingerprint density at radius 1 is 1.14 bits per heavy atom. The van der Waals surface area contributed by atoms with Gasteiger partial charge in [0.15, 0.2) is 6.29 Å². The molecule has 3 heteroatoms. The zero-order valence-electron chi connectivity index (χ0n) is 13.9. The van der Waals surface area contributed by atoms with Crippen molar-refractivity contribution < 1.29 is 14.2 Å². The predicted molar refractivity (Wildman–Crippen MR) is 88.4 cm³/mol. The van der Waals surface area contributed by atoms with Crippen LogP contribution in [0.15, 0.2) is 43.0 Å². The molecule has 1 saturated heterocycles. The van der Waals surface area contributed by atoms with Crippen molar-refractivity contribution in [2.45, 2.75) is 52.3 Å². The number of ether oxygens (including phenoxy) is 3. The first-order valence-corrected chi connectivity index (χ1v) is 8.20. The summed E-state index contributed by atoms with van der Waals surface area (Å²) in [5.74, 6) is 0.554. The summed E-state index contributed by atoms with van der Waals surface area (Å²) in [5.41, 5.74) is 1.16. The minimum absolute atomic E-state index is 0.137. The minimum Gasteiger partial charge on any atom is -0.373 e. The van der Waals surface area contributed by atoms with Crippen LogP contribution in [-0.4, -0.2) is 25.1 Å². The first-order chi connectivity index (χ1) is 10.7. The smallest absolute Gasteiger partial charge is 0.163 e. The molecule has 5 atom stereocenters. The van der Waals surface area contributed by atoms with Crippen molar-refractivity contribution in [3.8, 4) is 0 Å². The van der Waals surface area contributed by atoms with E-state index >= 15 is 0 Å². The lowest BCUT2D eigenvalue weighted by molar-refractivity contribution is -0.271. The molecule has 3 nitrogen and oxygen atoms in total. The summed E-state index contributed by atoms with van der Waals surface area (Å²) in [5, 5.41) is 0. The Hall–Kier alpha value is -1.16. The molecule has 1 aliphatic heterocycles. The van der Waals surface area contributed by atoms with E-state index in [1.807, 2.05) is 18.2 Å². The monoisotopic (exact) mass is 304 g/mol. The van der Waals surface area contributed by atoms with E-state index in [0.717, 1.165) is 12.0 Å². The van der Waals surface area contributed by atoms with Gasteiger partial charge in [0.1, 0.15) is 0 Å². The third kappa shape index (κ3) is 4.19. The van der Waals surface area contributed by atoms with Gasteiger partial charge in [-0.25, -0.2) is 0 Å². The molecule has 0 N–H and O–H groups in total. The summed E-state index contributed by atoms with van der Waals surface area (Å²) in [4.78, 5) is 0. The fourth-order valence-corrected chi connectivity index (χ4v) is 3.16. The molecule has 1 fully saturated rings. The van der Waals surface area contributed by atoms with Crippen molar-refractivity contribution in [1.29, 1.82) is 0 Å². The molecule has 2 unspecified atom stereocenters. The maximum atomic E-state index is 6.16. The van der Waals surface area contributed by atoms with E-state index in [4.69, 9.17) is 14.2 Å². The van der Waals surface area contributed by atoms with Crippen LogP contribution < -0.4 is 0 Å². The Labute approximate surface area is 134 Å². The highest BCUT2D eigenvalue weighted by Crippen LogP contribution is 2.34. The van der Waals surface area contributed by atoms with Crippen molar-refractivity contribution in [2.75, 3.05) is 6.61 Å². The van der Waals surface area contributed by atoms with Crippen LogP contribution in [0, 0.1) is 11.8 Å². The third-order valence-electron chi connectivity index (χ3n) is 4.43. The largest absolute Gasteiger partial charge is 0.373 e. The van der Waals surface area contributed by atoms with Crippen LogP contribution in [0.1, 0.15) is 32.8 Å². The zero-order valence-corrected chi connectivity index (χ0v) is 13.9. The van der Waals surface area contributed by atoms with Crippen LogP contribution in [0.5, 0.6) is 0 Å². The van der Waals surface area contributed by atoms with E-state index < -0.39 is 0 Å². The number of hydrogen-bond donors (Lipinski definition) is 0. The SMILES string of the molecule is C=CCO[C@@H]1C(C)[C@@H](OCc2ccccc2)OC(CC)[C@H]1C. The van der Waals surface area contributed by atoms with Gasteiger partial charge >= 0.3 is 0 Å². The van der Waals surface area contributed by atoms with Crippen LogP contribution in [-0.2, 0) is 20.8 Å². The lowest BCUT2D eigenvalue weighted by Gasteiger charge is -2.44. The number of hydrogen-bond acceptors (Lipinski definition) is 3. The van der Waals surface area contributed by atoms with Gasteiger partial charge in [-0.15, -0.1) is 6.58 Å². The highest BCUT2D eigenvalue weighted by molar-refractivity contribution is 5.13. The first-order valence-electron chi connectivity index (χ1n) is 8.20. The molecular weight excluding hydrogens is 276 g/mol. The second-order valence-corrected chi connectivity index (χ2v) is 6.05. The highest BCUT2D eigenvalue weighted by Gasteiger charge is 2.41. The average Bonchev–Trinajstić information content (AvgIpc) is 2.55. The van der Waals surface area contributed by atoms with E-state index in [1.54, 1.807) is 6.08 Å². The average molecular weight is 304 g/mol. The summed E-state index contributed by atoms with van der Waals surface area (Å²) in [6.07, 6.45) is 2.85. The van der Waals surface area contributed by atoms with Crippen LogP contribution in [0.4, 0.5) is 0 Å². The normalized spacial score (nSPS) is 31.9. The Kier molecular flexibility index (Phi) is 6.62. The summed E-state index contributed by atoms with van der Waals surface area (Å²) < 4.78 is 18.2. The molecule has 0 aromatic heterocycles. The van der Waals surface area contributed by atoms with Crippen molar-refractivity contribution >= 4 is 0 Å². The zero-order chi connectivity index (χ0) is 15.9. The standard InChI is InChI=1S/C19H28O3/c1-5-12-20-18-14(3)17(6-2)22-19(15(18)4)21-13-16-10-8-7-9-11-16/h5,7-11,14-15,17-19H,1,6,12-13H2,2-4H3/t14-,15?,17?,18+,19+/m1/s1. The van der Waals surface area contributed by atoms with Crippen LogP contribution >= 0.6 is 0 Å². The molecule has 0 amide bonds. The van der Waals surface area contributed by atoms with Gasteiger partial charge in [-0.1, -0.05) is 57.2 Å². The molecule has 0 bridgehead atoms. The lowest BCUT2D eigenvalue weighted by Crippen LogP contribution is -2.50. The van der Waals surface area contributed by atoms with Crippen molar-refractivity contribution in [1.82, 2.24) is 0 Å². The van der Waals surface area contributed by atoms with Gasteiger partial charge in [0.25, 0.3) is 0 Å². The Balaban J connectivity index is 2.00. The third-order valence-corrected chi connectivity index (χ3v) is 4.43. The van der Waals surface area contributed by atoms with Crippen molar-refractivity contribution in [3.63, 3.8) is 0 Å². The van der Waals surface area contributed by atoms with Gasteiger partial charge in [0.2, 0.25) is 0 Å². The van der Waals surface area contributed by atoms with E-state index in [1.165, 1.54) is 0 Å². The van der Waals surface area contributed by atoms with Gasteiger partial charge in [0.05, 0.1) is 25.4 Å². The molecule has 1 aliphatic rings. The molecular formula is C19H28O3. The number of benzene rings is 1. The fourth-order valence-electron chi connectivity index (χ4n) is 3.16. The van der Waals surface area contributed by atoms with E-state index in [-0.39, 0.29) is 24.4 Å². The topological polar surface area (TPSA) is 27.7 Å². The molecule has 0 saturated carbocycles. The summed E-state index contributed by atoms with van der Waals surface area (Å²) >= 11 is 0. The number of rotatable bonds is 7. The molecule has 0 spiro atoms. The van der Waals surface area contributed by atoms with Gasteiger partial charge in [0, 0.05) is 11.8 Å². The van der Waals surface area contributed by atoms with Crippen LogP contribution in [0.25, 0.3) is 0 Å². The van der Waals surface area contributed by atoms with E-state index in [0.29, 0.717) is 19.1 Å². The maximum absolute atomic E-state index is 6.16. The van der Waals surface area contributed by atoms with Crippen molar-refractivity contribution in [3.05, 3.63) is 48.6 Å². The summed E-state index contributed by atoms with van der Waals surface area (Å²) in [6.45, 7) is 11.4. The molecule has 22 heavy (non-hydrogen) atoms. The summed E-state index contributed by atoms with van der Waals surface area (Å²) in [7, 11) is 0. The van der Waals surface area contributed by atoms with Crippen LogP contribution in [0.3, 0.4) is 0 Å². The Morgan fingerprint density at radius 2 is 1.86 bits per heavy atom. The van der Waals surface area contributed by atoms with Gasteiger partial charge in [-0.3, -0.25) is 0 Å². The first kappa shape index (κ1) is 17.2. The van der Waals surface area contributed by atoms with Gasteiger partial charge < -0.3 is 14.2 Å². The lowest BCUT2D eigenvalue weighted by atomic mass is 9.84. The summed E-state index contributed by atoms with van der Waals surface area (Å²) in [6, 6.07) is 10.2. The van der Waals surface area contributed by atoms with Gasteiger partial charge in [-0.2, -0.15) is 0 Å².